The van der Waals surface area contributed by atoms with Crippen molar-refractivity contribution in [3.8, 4) is 11.5 Å². The summed E-state index contributed by atoms with van der Waals surface area (Å²) in [7, 11) is 0. The van der Waals surface area contributed by atoms with E-state index in [-0.39, 0.29) is 12.6 Å². The molecule has 1 aromatic carbocycles. The summed E-state index contributed by atoms with van der Waals surface area (Å²) >= 11 is 3.50. The second-order valence-electron chi connectivity index (χ2n) is 6.54. The summed E-state index contributed by atoms with van der Waals surface area (Å²) in [6.45, 7) is 1.24. The normalized spacial score (nSPS) is 18.1. The number of hydrogen-bond donors (Lipinski definition) is 1. The third-order valence-electron chi connectivity index (χ3n) is 4.88. The standard InChI is InChI=1S/C19H19BrN2O4/c20-14-3-1-13-8-16(4-2-12(13)7-14)22(19(23)24)11-15-9-17-18(10-21-15)26-6-5-25-17/h1,3,7,9-10,16H,2,4-6,8,11H2,(H,23,24)/t16-/m0/s1. The van der Waals surface area contributed by atoms with Crippen LogP contribution in [0.3, 0.4) is 0 Å². The zero-order chi connectivity index (χ0) is 18.1. The minimum absolute atomic E-state index is 0.0591. The topological polar surface area (TPSA) is 71.9 Å². The third kappa shape index (κ3) is 3.49. The lowest BCUT2D eigenvalue weighted by Crippen LogP contribution is -2.42. The van der Waals surface area contributed by atoms with Gasteiger partial charge in [0, 0.05) is 16.6 Å². The molecule has 7 heteroatoms. The van der Waals surface area contributed by atoms with Gasteiger partial charge in [-0.1, -0.05) is 22.0 Å². The number of aryl methyl sites for hydroxylation is 1. The molecule has 26 heavy (non-hydrogen) atoms. The second-order valence-corrected chi connectivity index (χ2v) is 7.46. The summed E-state index contributed by atoms with van der Waals surface area (Å²) < 4.78 is 12.1. The highest BCUT2D eigenvalue weighted by atomic mass is 79.9. The summed E-state index contributed by atoms with van der Waals surface area (Å²) in [6.07, 6.45) is 3.09. The number of ether oxygens (including phenoxy) is 2. The van der Waals surface area contributed by atoms with Crippen LogP contribution in [0.4, 0.5) is 4.79 Å². The van der Waals surface area contributed by atoms with E-state index in [4.69, 9.17) is 9.47 Å². The van der Waals surface area contributed by atoms with Gasteiger partial charge >= 0.3 is 6.09 Å². The summed E-state index contributed by atoms with van der Waals surface area (Å²) in [6, 6.07) is 7.93. The quantitative estimate of drug-likeness (QED) is 0.823. The Kier molecular flexibility index (Phi) is 4.72. The van der Waals surface area contributed by atoms with Crippen LogP contribution in [-0.2, 0) is 19.4 Å². The van der Waals surface area contributed by atoms with Crippen LogP contribution in [0.5, 0.6) is 11.5 Å². The lowest BCUT2D eigenvalue weighted by molar-refractivity contribution is 0.114. The molecule has 0 bridgehead atoms. The predicted molar refractivity (Wildman–Crippen MR) is 98.7 cm³/mol. The second kappa shape index (κ2) is 7.15. The Bertz CT molecular complexity index is 842. The number of fused-ring (bicyclic) bond motifs is 2. The van der Waals surface area contributed by atoms with Crippen molar-refractivity contribution in [2.24, 2.45) is 0 Å². The molecule has 0 fully saturated rings. The Morgan fingerprint density at radius 1 is 1.23 bits per heavy atom. The summed E-state index contributed by atoms with van der Waals surface area (Å²) in [5.41, 5.74) is 3.17. The molecular formula is C19H19BrN2O4. The molecule has 1 aromatic heterocycles. The molecule has 0 spiro atoms. The first kappa shape index (κ1) is 17.1. The van der Waals surface area contributed by atoms with Crippen LogP contribution >= 0.6 is 15.9 Å². The number of halogens is 1. The Balaban J connectivity index is 1.53. The molecule has 2 aliphatic rings. The van der Waals surface area contributed by atoms with E-state index in [1.54, 1.807) is 12.3 Å². The van der Waals surface area contributed by atoms with E-state index in [1.165, 1.54) is 16.0 Å². The van der Waals surface area contributed by atoms with Crippen LogP contribution in [-0.4, -0.2) is 40.3 Å². The van der Waals surface area contributed by atoms with E-state index in [2.05, 4.69) is 33.0 Å². The molecule has 1 N–H and O–H groups in total. The molecule has 6 nitrogen and oxygen atoms in total. The molecule has 1 aliphatic carbocycles. The number of carboxylic acid groups (broad SMARTS) is 1. The largest absolute Gasteiger partial charge is 0.486 e. The van der Waals surface area contributed by atoms with Crippen molar-refractivity contribution in [2.75, 3.05) is 13.2 Å². The molecular weight excluding hydrogens is 400 g/mol. The third-order valence-corrected chi connectivity index (χ3v) is 5.37. The van der Waals surface area contributed by atoms with Gasteiger partial charge in [-0.15, -0.1) is 0 Å². The van der Waals surface area contributed by atoms with Crippen LogP contribution in [0.15, 0.2) is 34.9 Å². The number of nitrogens with zero attached hydrogens (tertiary/aromatic N) is 2. The van der Waals surface area contributed by atoms with E-state index < -0.39 is 6.09 Å². The van der Waals surface area contributed by atoms with E-state index in [0.29, 0.717) is 30.4 Å². The van der Waals surface area contributed by atoms with E-state index in [9.17, 15) is 9.90 Å². The average molecular weight is 419 g/mol. The fraction of sp³-hybridized carbons (Fsp3) is 0.368. The monoisotopic (exact) mass is 418 g/mol. The van der Waals surface area contributed by atoms with E-state index >= 15 is 0 Å². The number of amides is 1. The molecule has 0 unspecified atom stereocenters. The lowest BCUT2D eigenvalue weighted by Gasteiger charge is -2.33. The lowest BCUT2D eigenvalue weighted by atomic mass is 9.87. The van der Waals surface area contributed by atoms with Gasteiger partial charge in [0.1, 0.15) is 13.2 Å². The first-order chi connectivity index (χ1) is 12.6. The fourth-order valence-corrected chi connectivity index (χ4v) is 3.98. The van der Waals surface area contributed by atoms with Crippen LogP contribution in [0.25, 0.3) is 0 Å². The molecule has 4 rings (SSSR count). The molecule has 2 aromatic rings. The van der Waals surface area contributed by atoms with Crippen LogP contribution < -0.4 is 9.47 Å². The van der Waals surface area contributed by atoms with Crippen molar-refractivity contribution in [1.82, 2.24) is 9.88 Å². The highest BCUT2D eigenvalue weighted by Gasteiger charge is 2.28. The van der Waals surface area contributed by atoms with Crippen molar-refractivity contribution in [3.05, 3.63) is 51.8 Å². The molecule has 1 aliphatic heterocycles. The van der Waals surface area contributed by atoms with Gasteiger partial charge in [0.25, 0.3) is 0 Å². The Morgan fingerprint density at radius 2 is 2.04 bits per heavy atom. The maximum Gasteiger partial charge on any atom is 0.407 e. The summed E-state index contributed by atoms with van der Waals surface area (Å²) in [5.74, 6) is 1.24. The number of rotatable bonds is 3. The van der Waals surface area contributed by atoms with Gasteiger partial charge in [-0.2, -0.15) is 0 Å². The predicted octanol–water partition coefficient (Wildman–Crippen LogP) is 3.65. The van der Waals surface area contributed by atoms with Gasteiger partial charge in [-0.05, 0) is 42.5 Å². The van der Waals surface area contributed by atoms with Crippen molar-refractivity contribution in [3.63, 3.8) is 0 Å². The first-order valence-corrected chi connectivity index (χ1v) is 9.41. The molecule has 0 saturated carbocycles. The van der Waals surface area contributed by atoms with Gasteiger partial charge in [0.15, 0.2) is 11.5 Å². The van der Waals surface area contributed by atoms with Gasteiger partial charge in [0.05, 0.1) is 18.4 Å². The van der Waals surface area contributed by atoms with Crippen molar-refractivity contribution in [1.29, 1.82) is 0 Å². The molecule has 1 atom stereocenters. The number of aromatic nitrogens is 1. The van der Waals surface area contributed by atoms with Gasteiger partial charge in [-0.3, -0.25) is 9.88 Å². The Labute approximate surface area is 159 Å². The van der Waals surface area contributed by atoms with Crippen LogP contribution in [0.2, 0.25) is 0 Å². The molecule has 2 heterocycles. The minimum atomic E-state index is -0.924. The maximum absolute atomic E-state index is 11.9. The highest BCUT2D eigenvalue weighted by molar-refractivity contribution is 9.10. The SMILES string of the molecule is O=C(O)N(Cc1cc2c(cn1)OCCO2)[C@H]1CCc2cc(Br)ccc2C1. The van der Waals surface area contributed by atoms with Gasteiger partial charge < -0.3 is 14.6 Å². The molecule has 1 amide bonds. The van der Waals surface area contributed by atoms with Crippen molar-refractivity contribution < 1.29 is 19.4 Å². The zero-order valence-electron chi connectivity index (χ0n) is 14.2. The molecule has 136 valence electrons. The smallest absolute Gasteiger partial charge is 0.407 e. The minimum Gasteiger partial charge on any atom is -0.486 e. The first-order valence-electron chi connectivity index (χ1n) is 8.61. The number of hydrogen-bond acceptors (Lipinski definition) is 4. The van der Waals surface area contributed by atoms with E-state index in [1.807, 2.05) is 6.07 Å². The summed E-state index contributed by atoms with van der Waals surface area (Å²) in [5, 5.41) is 9.75. The molecule has 0 radical (unpaired) electrons. The van der Waals surface area contributed by atoms with Crippen molar-refractivity contribution in [2.45, 2.75) is 31.8 Å². The summed E-state index contributed by atoms with van der Waals surface area (Å²) in [4.78, 5) is 17.7. The van der Waals surface area contributed by atoms with Gasteiger partial charge in [-0.25, -0.2) is 4.79 Å². The number of pyridine rings is 1. The van der Waals surface area contributed by atoms with Crippen LogP contribution in [0, 0.1) is 0 Å². The maximum atomic E-state index is 11.9. The number of benzene rings is 1. The van der Waals surface area contributed by atoms with Crippen molar-refractivity contribution >= 4 is 22.0 Å². The Hall–Kier alpha value is -2.28. The average Bonchev–Trinajstić information content (AvgIpc) is 2.65. The van der Waals surface area contributed by atoms with Crippen LogP contribution in [0.1, 0.15) is 23.2 Å². The zero-order valence-corrected chi connectivity index (χ0v) is 15.7. The number of carbonyl (C=O) groups is 1. The fourth-order valence-electron chi connectivity index (χ4n) is 3.57. The van der Waals surface area contributed by atoms with Gasteiger partial charge in [0.2, 0.25) is 0 Å². The molecule has 0 saturated heterocycles. The Morgan fingerprint density at radius 3 is 2.85 bits per heavy atom. The van der Waals surface area contributed by atoms with E-state index in [0.717, 1.165) is 23.7 Å². The highest BCUT2D eigenvalue weighted by Crippen LogP contribution is 2.31.